The Morgan fingerprint density at radius 2 is 1.95 bits per heavy atom. The van der Waals surface area contributed by atoms with E-state index in [1.807, 2.05) is 19.1 Å². The number of nitrogens with one attached hydrogen (secondary N) is 1. The Morgan fingerprint density at radius 3 is 2.62 bits per heavy atom. The smallest absolute Gasteiger partial charge is 0.291 e. The first-order valence-electron chi connectivity index (χ1n) is 6.70. The zero-order chi connectivity index (χ0) is 15.5. The molecule has 6 heteroatoms. The number of ether oxygens (including phenoxy) is 3. The van der Waals surface area contributed by atoms with E-state index in [1.54, 1.807) is 26.4 Å². The lowest BCUT2D eigenvalue weighted by Crippen LogP contribution is -2.33. The third kappa shape index (κ3) is 6.87. The summed E-state index contributed by atoms with van der Waals surface area (Å²) >= 11 is 0. The highest BCUT2D eigenvalue weighted by Crippen LogP contribution is 2.03. The fraction of sp³-hybridized carbons (Fsp3) is 0.467. The summed E-state index contributed by atoms with van der Waals surface area (Å²) in [4.78, 5) is 16.3. The second-order valence-electron chi connectivity index (χ2n) is 4.34. The summed E-state index contributed by atoms with van der Waals surface area (Å²) in [6, 6.07) is 7.48. The van der Waals surface area contributed by atoms with E-state index in [4.69, 9.17) is 14.2 Å². The minimum absolute atomic E-state index is 0.176. The van der Waals surface area contributed by atoms with Crippen LogP contribution in [0, 0.1) is 6.92 Å². The monoisotopic (exact) mass is 294 g/mol. The molecule has 0 spiro atoms. The molecule has 1 aromatic carbocycles. The number of amidine groups is 1. The van der Waals surface area contributed by atoms with Gasteiger partial charge >= 0.3 is 0 Å². The van der Waals surface area contributed by atoms with E-state index in [2.05, 4.69) is 10.3 Å². The second kappa shape index (κ2) is 9.90. The van der Waals surface area contributed by atoms with Crippen molar-refractivity contribution in [3.8, 4) is 0 Å². The zero-order valence-corrected chi connectivity index (χ0v) is 12.7. The number of methoxy groups -OCH3 is 2. The number of hydrogen-bond donors (Lipinski definition) is 1. The van der Waals surface area contributed by atoms with E-state index in [1.165, 1.54) is 0 Å². The molecule has 0 aliphatic carbocycles. The second-order valence-corrected chi connectivity index (χ2v) is 4.34. The van der Waals surface area contributed by atoms with Gasteiger partial charge in [-0.2, -0.15) is 0 Å². The molecule has 0 atom stereocenters. The standard InChI is InChI=1S/C15H22N2O4/c1-12-5-4-6-13(11-12)14(18)17-15(16-7-8-19-2)21-10-9-20-3/h4-6,11H,7-10H2,1-3H3,(H,16,17,18). The van der Waals surface area contributed by atoms with Gasteiger partial charge in [-0.05, 0) is 19.1 Å². The number of carbonyl (C=O) groups excluding carboxylic acids is 1. The number of carbonyl (C=O) groups is 1. The summed E-state index contributed by atoms with van der Waals surface area (Å²) in [5, 5.41) is 2.66. The first-order chi connectivity index (χ1) is 10.2. The van der Waals surface area contributed by atoms with Crippen molar-refractivity contribution in [2.45, 2.75) is 6.92 Å². The van der Waals surface area contributed by atoms with Crippen LogP contribution in [0.1, 0.15) is 15.9 Å². The van der Waals surface area contributed by atoms with E-state index in [-0.39, 0.29) is 11.9 Å². The van der Waals surface area contributed by atoms with Gasteiger partial charge in [-0.3, -0.25) is 10.1 Å². The fourth-order valence-electron chi connectivity index (χ4n) is 1.54. The van der Waals surface area contributed by atoms with Gasteiger partial charge in [0.25, 0.3) is 11.9 Å². The highest BCUT2D eigenvalue weighted by Gasteiger charge is 2.10. The zero-order valence-electron chi connectivity index (χ0n) is 12.7. The van der Waals surface area contributed by atoms with E-state index in [0.29, 0.717) is 31.9 Å². The predicted molar refractivity (Wildman–Crippen MR) is 80.7 cm³/mol. The molecule has 0 radical (unpaired) electrons. The van der Waals surface area contributed by atoms with Crippen molar-refractivity contribution in [2.75, 3.05) is 40.6 Å². The van der Waals surface area contributed by atoms with E-state index in [0.717, 1.165) is 5.56 Å². The van der Waals surface area contributed by atoms with Crippen LogP contribution in [0.25, 0.3) is 0 Å². The van der Waals surface area contributed by atoms with Crippen LogP contribution in [0.2, 0.25) is 0 Å². The fourth-order valence-corrected chi connectivity index (χ4v) is 1.54. The van der Waals surface area contributed by atoms with Crippen molar-refractivity contribution in [3.05, 3.63) is 35.4 Å². The number of aryl methyl sites for hydroxylation is 1. The van der Waals surface area contributed by atoms with Gasteiger partial charge in [0.15, 0.2) is 0 Å². The van der Waals surface area contributed by atoms with Crippen LogP contribution < -0.4 is 5.32 Å². The normalized spacial score (nSPS) is 11.3. The van der Waals surface area contributed by atoms with Crippen molar-refractivity contribution in [1.82, 2.24) is 5.32 Å². The van der Waals surface area contributed by atoms with Gasteiger partial charge in [-0.15, -0.1) is 0 Å². The molecule has 1 rings (SSSR count). The van der Waals surface area contributed by atoms with Crippen LogP contribution in [0.4, 0.5) is 0 Å². The lowest BCUT2D eigenvalue weighted by Gasteiger charge is -2.10. The quantitative estimate of drug-likeness (QED) is 0.469. The molecule has 6 nitrogen and oxygen atoms in total. The van der Waals surface area contributed by atoms with E-state index in [9.17, 15) is 4.79 Å². The van der Waals surface area contributed by atoms with E-state index >= 15 is 0 Å². The number of nitrogens with zero attached hydrogens (tertiary/aromatic N) is 1. The van der Waals surface area contributed by atoms with Gasteiger partial charge < -0.3 is 14.2 Å². The maximum atomic E-state index is 12.1. The first kappa shape index (κ1) is 17.1. The summed E-state index contributed by atoms with van der Waals surface area (Å²) in [5.41, 5.74) is 1.57. The van der Waals surface area contributed by atoms with Crippen molar-refractivity contribution < 1.29 is 19.0 Å². The number of benzene rings is 1. The molecule has 1 N–H and O–H groups in total. The topological polar surface area (TPSA) is 69.2 Å². The van der Waals surface area contributed by atoms with Crippen molar-refractivity contribution in [3.63, 3.8) is 0 Å². The molecule has 0 aromatic heterocycles. The molecule has 0 bridgehead atoms. The minimum Gasteiger partial charge on any atom is -0.463 e. The lowest BCUT2D eigenvalue weighted by atomic mass is 10.1. The van der Waals surface area contributed by atoms with Gasteiger partial charge in [-0.25, -0.2) is 4.99 Å². The highest BCUT2D eigenvalue weighted by molar-refractivity contribution is 6.04. The number of amides is 1. The Bertz CT molecular complexity index is 474. The maximum Gasteiger partial charge on any atom is 0.291 e. The average molecular weight is 294 g/mol. The lowest BCUT2D eigenvalue weighted by molar-refractivity contribution is 0.0953. The van der Waals surface area contributed by atoms with Crippen LogP contribution in [0.15, 0.2) is 29.3 Å². The molecular weight excluding hydrogens is 272 g/mol. The van der Waals surface area contributed by atoms with Crippen molar-refractivity contribution in [1.29, 1.82) is 0 Å². The van der Waals surface area contributed by atoms with Gasteiger partial charge in [0, 0.05) is 19.8 Å². The van der Waals surface area contributed by atoms with Crippen molar-refractivity contribution in [2.24, 2.45) is 4.99 Å². The summed E-state index contributed by atoms with van der Waals surface area (Å²) in [6.07, 6.45) is 0. The molecule has 0 heterocycles. The Balaban J connectivity index is 2.65. The molecule has 21 heavy (non-hydrogen) atoms. The van der Waals surface area contributed by atoms with Gasteiger partial charge in [0.1, 0.15) is 6.61 Å². The molecular formula is C15H22N2O4. The molecule has 0 unspecified atom stereocenters. The average Bonchev–Trinajstić information content (AvgIpc) is 2.47. The summed E-state index contributed by atoms with van der Waals surface area (Å²) < 4.78 is 15.2. The first-order valence-corrected chi connectivity index (χ1v) is 6.70. The van der Waals surface area contributed by atoms with Gasteiger partial charge in [-0.1, -0.05) is 17.7 Å². The molecule has 0 aliphatic rings. The summed E-state index contributed by atoms with van der Waals surface area (Å²) in [6.45, 7) is 3.53. The molecule has 0 saturated carbocycles. The molecule has 1 amide bonds. The van der Waals surface area contributed by atoms with E-state index < -0.39 is 0 Å². The molecule has 0 saturated heterocycles. The van der Waals surface area contributed by atoms with Crippen LogP contribution >= 0.6 is 0 Å². The molecule has 0 aliphatic heterocycles. The highest BCUT2D eigenvalue weighted by atomic mass is 16.5. The van der Waals surface area contributed by atoms with Crippen LogP contribution in [-0.2, 0) is 14.2 Å². The van der Waals surface area contributed by atoms with Crippen LogP contribution in [-0.4, -0.2) is 52.5 Å². The summed E-state index contributed by atoms with van der Waals surface area (Å²) in [7, 11) is 3.17. The predicted octanol–water partition coefficient (Wildman–Crippen LogP) is 1.39. The SMILES string of the molecule is COCCN=C(NC(=O)c1cccc(C)c1)OCCOC. The maximum absolute atomic E-state index is 12.1. The van der Waals surface area contributed by atoms with Gasteiger partial charge in [0.05, 0.1) is 19.8 Å². The Labute approximate surface area is 125 Å². The molecule has 116 valence electrons. The summed E-state index contributed by atoms with van der Waals surface area (Å²) in [5.74, 6) is -0.257. The number of hydrogen-bond acceptors (Lipinski definition) is 5. The molecule has 1 aromatic rings. The van der Waals surface area contributed by atoms with Crippen molar-refractivity contribution >= 4 is 11.9 Å². The number of rotatable bonds is 7. The van der Waals surface area contributed by atoms with Crippen LogP contribution in [0.3, 0.4) is 0 Å². The number of aliphatic imine (C=N–C) groups is 1. The largest absolute Gasteiger partial charge is 0.463 e. The third-order valence-corrected chi connectivity index (χ3v) is 2.58. The Morgan fingerprint density at radius 1 is 1.19 bits per heavy atom. The Hall–Kier alpha value is -1.92. The van der Waals surface area contributed by atoms with Crippen LogP contribution in [0.5, 0.6) is 0 Å². The molecule has 0 fully saturated rings. The van der Waals surface area contributed by atoms with Gasteiger partial charge in [0.2, 0.25) is 0 Å². The third-order valence-electron chi connectivity index (χ3n) is 2.58. The minimum atomic E-state index is -0.257. The Kier molecular flexibility index (Phi) is 8.08.